The van der Waals surface area contributed by atoms with Crippen LogP contribution < -0.4 is 5.73 Å². The number of nitro groups is 1. The van der Waals surface area contributed by atoms with E-state index < -0.39 is 4.92 Å². The Morgan fingerprint density at radius 1 is 1.60 bits per heavy atom. The largest absolute Gasteiger partial charge is 0.384 e. The molecule has 0 aromatic carbocycles. The first-order valence-corrected chi connectivity index (χ1v) is 6.61. The molecule has 0 radical (unpaired) electrons. The van der Waals surface area contributed by atoms with Crippen LogP contribution in [-0.4, -0.2) is 33.3 Å². The van der Waals surface area contributed by atoms with E-state index in [0.717, 1.165) is 19.0 Å². The summed E-state index contributed by atoms with van der Waals surface area (Å²) in [5, 5.41) is 11.0. The number of rotatable bonds is 5. The van der Waals surface area contributed by atoms with Crippen LogP contribution in [0.2, 0.25) is 0 Å². The van der Waals surface area contributed by atoms with Crippen LogP contribution in [0, 0.1) is 16.0 Å². The van der Waals surface area contributed by atoms with Crippen molar-refractivity contribution in [2.45, 2.75) is 32.7 Å². The summed E-state index contributed by atoms with van der Waals surface area (Å²) >= 11 is 0. The molecule has 7 heteroatoms. The number of nitrogens with zero attached hydrogens (tertiary/aromatic N) is 3. The van der Waals surface area contributed by atoms with E-state index in [2.05, 4.69) is 4.98 Å². The molecule has 1 aliphatic rings. The van der Waals surface area contributed by atoms with Crippen molar-refractivity contribution < 1.29 is 9.72 Å². The third-order valence-corrected chi connectivity index (χ3v) is 3.37. The SMILES string of the molecule is CC(C)N(CC1CC1)C(=O)c1cc(N)ncc1[N+](=O)[O-]. The molecule has 1 fully saturated rings. The summed E-state index contributed by atoms with van der Waals surface area (Å²) in [4.78, 5) is 28.3. The zero-order valence-electron chi connectivity index (χ0n) is 11.6. The first-order chi connectivity index (χ1) is 9.40. The molecule has 1 aliphatic carbocycles. The number of nitrogens with two attached hydrogens (primary N) is 1. The quantitative estimate of drug-likeness (QED) is 0.653. The minimum absolute atomic E-state index is 0.0110. The fourth-order valence-corrected chi connectivity index (χ4v) is 2.04. The molecule has 0 bridgehead atoms. The Morgan fingerprint density at radius 2 is 2.25 bits per heavy atom. The van der Waals surface area contributed by atoms with E-state index in [4.69, 9.17) is 5.73 Å². The number of pyridine rings is 1. The molecule has 0 saturated heterocycles. The second-order valence-electron chi connectivity index (χ2n) is 5.38. The number of anilines is 1. The molecule has 20 heavy (non-hydrogen) atoms. The second-order valence-corrected chi connectivity index (χ2v) is 5.38. The van der Waals surface area contributed by atoms with Gasteiger partial charge in [-0.1, -0.05) is 0 Å². The highest BCUT2D eigenvalue weighted by Crippen LogP contribution is 2.31. The standard InChI is InChI=1S/C13H18N4O3/c1-8(2)16(7-9-3-4-9)13(18)10-5-12(14)15-6-11(10)17(19)20/h5-6,8-9H,3-4,7H2,1-2H3,(H2,14,15). The van der Waals surface area contributed by atoms with Gasteiger partial charge in [-0.3, -0.25) is 14.9 Å². The van der Waals surface area contributed by atoms with Crippen molar-refractivity contribution in [1.29, 1.82) is 0 Å². The van der Waals surface area contributed by atoms with E-state index in [-0.39, 0.29) is 29.0 Å². The molecular formula is C13H18N4O3. The number of carbonyl (C=O) groups excluding carboxylic acids is 1. The number of nitrogen functional groups attached to an aromatic ring is 1. The van der Waals surface area contributed by atoms with Gasteiger partial charge in [-0.05, 0) is 38.7 Å². The normalized spacial score (nSPS) is 14.3. The Morgan fingerprint density at radius 3 is 2.75 bits per heavy atom. The smallest absolute Gasteiger partial charge is 0.300 e. The van der Waals surface area contributed by atoms with E-state index in [9.17, 15) is 14.9 Å². The number of hydrogen-bond acceptors (Lipinski definition) is 5. The summed E-state index contributed by atoms with van der Waals surface area (Å²) in [5.74, 6) is 0.265. The maximum absolute atomic E-state index is 12.6. The lowest BCUT2D eigenvalue weighted by molar-refractivity contribution is -0.385. The predicted octanol–water partition coefficient (Wildman–Crippen LogP) is 1.83. The van der Waals surface area contributed by atoms with Crippen LogP contribution in [-0.2, 0) is 0 Å². The van der Waals surface area contributed by atoms with Crippen LogP contribution in [0.3, 0.4) is 0 Å². The highest BCUT2D eigenvalue weighted by atomic mass is 16.6. The summed E-state index contributed by atoms with van der Waals surface area (Å²) < 4.78 is 0. The molecule has 0 spiro atoms. The van der Waals surface area contributed by atoms with Crippen molar-refractivity contribution >= 4 is 17.4 Å². The van der Waals surface area contributed by atoms with Crippen LogP contribution in [0.25, 0.3) is 0 Å². The van der Waals surface area contributed by atoms with Gasteiger partial charge in [0.1, 0.15) is 17.6 Å². The summed E-state index contributed by atoms with van der Waals surface area (Å²) in [6.45, 7) is 4.43. The Kier molecular flexibility index (Phi) is 3.87. The van der Waals surface area contributed by atoms with Crippen LogP contribution in [0.5, 0.6) is 0 Å². The van der Waals surface area contributed by atoms with Crippen molar-refractivity contribution in [2.75, 3.05) is 12.3 Å². The van der Waals surface area contributed by atoms with E-state index >= 15 is 0 Å². The zero-order chi connectivity index (χ0) is 14.9. The highest BCUT2D eigenvalue weighted by molar-refractivity contribution is 5.98. The van der Waals surface area contributed by atoms with Crippen molar-refractivity contribution in [3.05, 3.63) is 27.9 Å². The Bertz CT molecular complexity index is 540. The molecule has 2 N–H and O–H groups in total. The van der Waals surface area contributed by atoms with Crippen LogP contribution in [0.4, 0.5) is 11.5 Å². The topological polar surface area (TPSA) is 102 Å². The maximum Gasteiger partial charge on any atom is 0.300 e. The van der Waals surface area contributed by atoms with Gasteiger partial charge in [0.15, 0.2) is 0 Å². The van der Waals surface area contributed by atoms with Gasteiger partial charge < -0.3 is 10.6 Å². The molecular weight excluding hydrogens is 260 g/mol. The second kappa shape index (κ2) is 5.44. The van der Waals surface area contributed by atoms with E-state index in [1.807, 2.05) is 13.8 Å². The van der Waals surface area contributed by atoms with Gasteiger partial charge in [0.25, 0.3) is 11.6 Å². The van der Waals surface area contributed by atoms with Crippen LogP contribution in [0.15, 0.2) is 12.3 Å². The molecule has 108 valence electrons. The maximum atomic E-state index is 12.6. The molecule has 7 nitrogen and oxygen atoms in total. The number of aromatic nitrogens is 1. The average Bonchev–Trinajstić information content (AvgIpc) is 3.18. The first kappa shape index (κ1) is 14.2. The molecule has 0 unspecified atom stereocenters. The summed E-state index contributed by atoms with van der Waals surface area (Å²) in [5.41, 5.74) is 5.26. The van der Waals surface area contributed by atoms with Gasteiger partial charge in [-0.2, -0.15) is 0 Å². The summed E-state index contributed by atoms with van der Waals surface area (Å²) in [6, 6.07) is 1.26. The summed E-state index contributed by atoms with van der Waals surface area (Å²) in [6.07, 6.45) is 3.26. The molecule has 0 atom stereocenters. The minimum atomic E-state index is -0.602. The summed E-state index contributed by atoms with van der Waals surface area (Å²) in [7, 11) is 0. The number of carbonyl (C=O) groups is 1. The zero-order valence-corrected chi connectivity index (χ0v) is 11.6. The third kappa shape index (κ3) is 3.04. The Hall–Kier alpha value is -2.18. The van der Waals surface area contributed by atoms with Gasteiger partial charge in [-0.25, -0.2) is 4.98 Å². The molecule has 0 aliphatic heterocycles. The average molecular weight is 278 g/mol. The van der Waals surface area contributed by atoms with Gasteiger partial charge >= 0.3 is 0 Å². The number of amides is 1. The predicted molar refractivity (Wildman–Crippen MR) is 74.2 cm³/mol. The molecule has 1 aromatic heterocycles. The van der Waals surface area contributed by atoms with Crippen molar-refractivity contribution in [3.8, 4) is 0 Å². The molecule has 1 amide bonds. The lowest BCUT2D eigenvalue weighted by atomic mass is 10.1. The molecule has 1 saturated carbocycles. The molecule has 2 rings (SSSR count). The highest BCUT2D eigenvalue weighted by Gasteiger charge is 2.31. The van der Waals surface area contributed by atoms with Crippen LogP contribution in [0.1, 0.15) is 37.0 Å². The lowest BCUT2D eigenvalue weighted by Gasteiger charge is -2.26. The fourth-order valence-electron chi connectivity index (χ4n) is 2.04. The van der Waals surface area contributed by atoms with Gasteiger partial charge in [0, 0.05) is 12.6 Å². The van der Waals surface area contributed by atoms with Crippen molar-refractivity contribution in [2.24, 2.45) is 5.92 Å². The Labute approximate surface area is 116 Å². The number of hydrogen-bond donors (Lipinski definition) is 1. The van der Waals surface area contributed by atoms with E-state index in [1.165, 1.54) is 6.07 Å². The minimum Gasteiger partial charge on any atom is -0.384 e. The third-order valence-electron chi connectivity index (χ3n) is 3.37. The van der Waals surface area contributed by atoms with Crippen molar-refractivity contribution in [3.63, 3.8) is 0 Å². The Balaban J connectivity index is 2.34. The molecule has 1 aromatic rings. The van der Waals surface area contributed by atoms with Crippen LogP contribution >= 0.6 is 0 Å². The van der Waals surface area contributed by atoms with Crippen molar-refractivity contribution in [1.82, 2.24) is 9.88 Å². The first-order valence-electron chi connectivity index (χ1n) is 6.61. The fraction of sp³-hybridized carbons (Fsp3) is 0.538. The van der Waals surface area contributed by atoms with Gasteiger partial charge in [0.2, 0.25) is 0 Å². The monoisotopic (exact) mass is 278 g/mol. The lowest BCUT2D eigenvalue weighted by Crippen LogP contribution is -2.38. The van der Waals surface area contributed by atoms with E-state index in [0.29, 0.717) is 12.5 Å². The molecule has 1 heterocycles. The van der Waals surface area contributed by atoms with Gasteiger partial charge in [-0.15, -0.1) is 0 Å². The van der Waals surface area contributed by atoms with E-state index in [1.54, 1.807) is 4.90 Å². The van der Waals surface area contributed by atoms with Gasteiger partial charge in [0.05, 0.1) is 4.92 Å².